The average Bonchev–Trinajstić information content (AvgIpc) is 2.49. The van der Waals surface area contributed by atoms with Gasteiger partial charge in [0.1, 0.15) is 5.75 Å². The normalized spacial score (nSPS) is 10.5. The lowest BCUT2D eigenvalue weighted by atomic mass is 10.1. The van der Waals surface area contributed by atoms with E-state index in [2.05, 4.69) is 4.98 Å². The maximum Gasteiger partial charge on any atom is 0.335 e. The van der Waals surface area contributed by atoms with Crippen molar-refractivity contribution in [2.75, 3.05) is 0 Å². The molecule has 1 heterocycles. The van der Waals surface area contributed by atoms with Crippen molar-refractivity contribution < 1.29 is 14.6 Å². The molecule has 0 bridgehead atoms. The molecule has 0 unspecified atom stereocenters. The van der Waals surface area contributed by atoms with E-state index in [1.165, 1.54) is 6.07 Å². The first kappa shape index (κ1) is 13.1. The summed E-state index contributed by atoms with van der Waals surface area (Å²) in [6.07, 6.45) is 1.69. The number of pyridine rings is 1. The monoisotopic (exact) mass is 279 g/mol. The van der Waals surface area contributed by atoms with E-state index in [4.69, 9.17) is 9.84 Å². The first-order valence-corrected chi connectivity index (χ1v) is 6.51. The van der Waals surface area contributed by atoms with Crippen molar-refractivity contribution in [2.45, 2.75) is 6.92 Å². The second-order valence-corrected chi connectivity index (χ2v) is 4.72. The lowest BCUT2D eigenvalue weighted by molar-refractivity contribution is 0.0697. The SMILES string of the molecule is Cc1cc(C(=O)O)ccc1Oc1nccc2ccccc12. The summed E-state index contributed by atoms with van der Waals surface area (Å²) in [5, 5.41) is 10.9. The van der Waals surface area contributed by atoms with Gasteiger partial charge in [-0.25, -0.2) is 9.78 Å². The lowest BCUT2D eigenvalue weighted by Gasteiger charge is -2.10. The van der Waals surface area contributed by atoms with Crippen LogP contribution in [0.1, 0.15) is 15.9 Å². The Hall–Kier alpha value is -2.88. The van der Waals surface area contributed by atoms with E-state index in [0.29, 0.717) is 11.6 Å². The largest absolute Gasteiger partial charge is 0.478 e. The Labute approximate surface area is 121 Å². The molecule has 0 radical (unpaired) electrons. The van der Waals surface area contributed by atoms with Crippen LogP contribution in [-0.4, -0.2) is 16.1 Å². The smallest absolute Gasteiger partial charge is 0.335 e. The predicted octanol–water partition coefficient (Wildman–Crippen LogP) is 4.03. The van der Waals surface area contributed by atoms with Crippen molar-refractivity contribution in [1.29, 1.82) is 0 Å². The third-order valence-electron chi connectivity index (χ3n) is 3.27. The molecule has 0 aliphatic heterocycles. The molecule has 3 aromatic rings. The Morgan fingerprint density at radius 1 is 1.14 bits per heavy atom. The minimum atomic E-state index is -0.951. The molecule has 21 heavy (non-hydrogen) atoms. The van der Waals surface area contributed by atoms with Gasteiger partial charge in [0.2, 0.25) is 5.88 Å². The number of aromatic carboxylic acids is 1. The maximum absolute atomic E-state index is 10.9. The quantitative estimate of drug-likeness (QED) is 0.786. The van der Waals surface area contributed by atoms with E-state index < -0.39 is 5.97 Å². The zero-order chi connectivity index (χ0) is 14.8. The minimum absolute atomic E-state index is 0.241. The van der Waals surface area contributed by atoms with Gasteiger partial charge in [-0.15, -0.1) is 0 Å². The second-order valence-electron chi connectivity index (χ2n) is 4.72. The Morgan fingerprint density at radius 2 is 1.95 bits per heavy atom. The van der Waals surface area contributed by atoms with E-state index in [0.717, 1.165) is 16.3 Å². The van der Waals surface area contributed by atoms with Crippen molar-refractivity contribution >= 4 is 16.7 Å². The van der Waals surface area contributed by atoms with Crippen LogP contribution >= 0.6 is 0 Å². The number of carboxylic acids is 1. The number of hydrogen-bond donors (Lipinski definition) is 1. The summed E-state index contributed by atoms with van der Waals surface area (Å²) >= 11 is 0. The fraction of sp³-hybridized carbons (Fsp3) is 0.0588. The van der Waals surface area contributed by atoms with Gasteiger partial charge in [-0.3, -0.25) is 0 Å². The first-order valence-electron chi connectivity index (χ1n) is 6.51. The number of fused-ring (bicyclic) bond motifs is 1. The molecule has 0 amide bonds. The van der Waals surface area contributed by atoms with Gasteiger partial charge in [-0.2, -0.15) is 0 Å². The lowest BCUT2D eigenvalue weighted by Crippen LogP contribution is -1.98. The molecule has 0 fully saturated rings. The van der Waals surface area contributed by atoms with E-state index in [1.54, 1.807) is 18.3 Å². The molecule has 0 aliphatic rings. The molecule has 3 rings (SSSR count). The average molecular weight is 279 g/mol. The highest BCUT2D eigenvalue weighted by atomic mass is 16.5. The molecule has 0 atom stereocenters. The number of carboxylic acid groups (broad SMARTS) is 1. The minimum Gasteiger partial charge on any atom is -0.478 e. The van der Waals surface area contributed by atoms with Crippen LogP contribution in [0.15, 0.2) is 54.7 Å². The van der Waals surface area contributed by atoms with E-state index in [9.17, 15) is 4.79 Å². The van der Waals surface area contributed by atoms with Crippen molar-refractivity contribution in [3.8, 4) is 11.6 Å². The van der Waals surface area contributed by atoms with Crippen LogP contribution in [0.5, 0.6) is 11.6 Å². The van der Waals surface area contributed by atoms with Crippen molar-refractivity contribution in [2.24, 2.45) is 0 Å². The van der Waals surface area contributed by atoms with E-state index in [-0.39, 0.29) is 5.56 Å². The summed E-state index contributed by atoms with van der Waals surface area (Å²) in [7, 11) is 0. The Morgan fingerprint density at radius 3 is 2.71 bits per heavy atom. The molecular formula is C17H13NO3. The summed E-state index contributed by atoms with van der Waals surface area (Å²) in [6.45, 7) is 1.81. The highest BCUT2D eigenvalue weighted by molar-refractivity contribution is 5.88. The van der Waals surface area contributed by atoms with Gasteiger partial charge in [0.15, 0.2) is 0 Å². The van der Waals surface area contributed by atoms with Gasteiger partial charge >= 0.3 is 5.97 Å². The Bertz CT molecular complexity index is 822. The highest BCUT2D eigenvalue weighted by Gasteiger charge is 2.09. The fourth-order valence-electron chi connectivity index (χ4n) is 2.17. The van der Waals surface area contributed by atoms with Gasteiger partial charge in [0.25, 0.3) is 0 Å². The number of aromatic nitrogens is 1. The van der Waals surface area contributed by atoms with Crippen LogP contribution in [0.4, 0.5) is 0 Å². The zero-order valence-electron chi connectivity index (χ0n) is 11.4. The number of ether oxygens (including phenoxy) is 1. The summed E-state index contributed by atoms with van der Waals surface area (Å²) in [5.41, 5.74) is 0.996. The third-order valence-corrected chi connectivity index (χ3v) is 3.27. The molecule has 0 aliphatic carbocycles. The topological polar surface area (TPSA) is 59.4 Å². The number of carbonyl (C=O) groups is 1. The number of nitrogens with zero attached hydrogens (tertiary/aromatic N) is 1. The molecule has 0 saturated heterocycles. The maximum atomic E-state index is 10.9. The fourth-order valence-corrected chi connectivity index (χ4v) is 2.17. The Balaban J connectivity index is 2.01. The third kappa shape index (κ3) is 2.56. The van der Waals surface area contributed by atoms with E-state index >= 15 is 0 Å². The van der Waals surface area contributed by atoms with Crippen LogP contribution in [0.25, 0.3) is 10.8 Å². The number of rotatable bonds is 3. The molecule has 1 N–H and O–H groups in total. The van der Waals surface area contributed by atoms with Crippen LogP contribution in [0.3, 0.4) is 0 Å². The second kappa shape index (κ2) is 5.25. The van der Waals surface area contributed by atoms with Crippen LogP contribution in [-0.2, 0) is 0 Å². The van der Waals surface area contributed by atoms with Crippen molar-refractivity contribution in [3.63, 3.8) is 0 Å². The van der Waals surface area contributed by atoms with Gasteiger partial charge in [0, 0.05) is 11.6 Å². The summed E-state index contributed by atoms with van der Waals surface area (Å²) < 4.78 is 5.85. The standard InChI is InChI=1S/C17H13NO3/c1-11-10-13(17(19)20)6-7-15(11)21-16-14-5-3-2-4-12(14)8-9-18-16/h2-10H,1H3,(H,19,20). The molecule has 2 aromatic carbocycles. The van der Waals surface area contributed by atoms with Gasteiger partial charge in [-0.1, -0.05) is 18.2 Å². The molecule has 104 valence electrons. The zero-order valence-corrected chi connectivity index (χ0v) is 11.4. The summed E-state index contributed by atoms with van der Waals surface area (Å²) in [5.74, 6) is 0.163. The molecule has 4 heteroatoms. The number of benzene rings is 2. The number of hydrogen-bond acceptors (Lipinski definition) is 3. The highest BCUT2D eigenvalue weighted by Crippen LogP contribution is 2.29. The van der Waals surface area contributed by atoms with Gasteiger partial charge < -0.3 is 9.84 Å². The summed E-state index contributed by atoms with van der Waals surface area (Å²) in [6, 6.07) is 14.5. The molecular weight excluding hydrogens is 266 g/mol. The molecule has 4 nitrogen and oxygen atoms in total. The van der Waals surface area contributed by atoms with Crippen LogP contribution in [0, 0.1) is 6.92 Å². The molecule has 0 saturated carbocycles. The van der Waals surface area contributed by atoms with E-state index in [1.807, 2.05) is 37.3 Å². The van der Waals surface area contributed by atoms with Crippen molar-refractivity contribution in [1.82, 2.24) is 4.98 Å². The summed E-state index contributed by atoms with van der Waals surface area (Å²) in [4.78, 5) is 15.2. The molecule has 0 spiro atoms. The van der Waals surface area contributed by atoms with Crippen LogP contribution in [0.2, 0.25) is 0 Å². The van der Waals surface area contributed by atoms with Crippen LogP contribution < -0.4 is 4.74 Å². The molecule has 1 aromatic heterocycles. The van der Waals surface area contributed by atoms with Gasteiger partial charge in [0.05, 0.1) is 5.56 Å². The van der Waals surface area contributed by atoms with Crippen molar-refractivity contribution in [3.05, 3.63) is 65.9 Å². The van der Waals surface area contributed by atoms with Gasteiger partial charge in [-0.05, 0) is 48.2 Å². The predicted molar refractivity (Wildman–Crippen MR) is 80.0 cm³/mol. The number of aryl methyl sites for hydroxylation is 1. The Kier molecular flexibility index (Phi) is 3.28. The first-order chi connectivity index (χ1) is 10.1.